The number of methoxy groups -OCH3 is 1. The van der Waals surface area contributed by atoms with Gasteiger partial charge < -0.3 is 10.1 Å². The molecule has 2 unspecified atom stereocenters. The summed E-state index contributed by atoms with van der Waals surface area (Å²) in [7, 11) is 1.42. The van der Waals surface area contributed by atoms with E-state index in [0.717, 1.165) is 32.1 Å². The van der Waals surface area contributed by atoms with Gasteiger partial charge >= 0.3 is 5.97 Å². The molecule has 0 spiro atoms. The quantitative estimate of drug-likeness (QED) is 0.764. The van der Waals surface area contributed by atoms with Gasteiger partial charge in [-0.1, -0.05) is 42.5 Å². The zero-order chi connectivity index (χ0) is 18.6. The van der Waals surface area contributed by atoms with E-state index in [-0.39, 0.29) is 5.97 Å². The second-order valence-corrected chi connectivity index (χ2v) is 7.85. The minimum absolute atomic E-state index is 0.275. The van der Waals surface area contributed by atoms with Crippen LogP contribution < -0.4 is 5.32 Å². The van der Waals surface area contributed by atoms with E-state index < -0.39 is 0 Å². The minimum Gasteiger partial charge on any atom is -0.465 e. The van der Waals surface area contributed by atoms with Gasteiger partial charge in [0, 0.05) is 25.0 Å². The summed E-state index contributed by atoms with van der Waals surface area (Å²) in [5.74, 6) is 1.16. The van der Waals surface area contributed by atoms with Crippen molar-refractivity contribution in [3.8, 4) is 0 Å². The molecule has 2 fully saturated rings. The van der Waals surface area contributed by atoms with Crippen LogP contribution in [0.4, 0.5) is 0 Å². The van der Waals surface area contributed by atoms with Crippen LogP contribution in [0.5, 0.6) is 0 Å². The Kier molecular flexibility index (Phi) is 5.55. The molecule has 0 radical (unpaired) electrons. The summed E-state index contributed by atoms with van der Waals surface area (Å²) >= 11 is 0. The van der Waals surface area contributed by atoms with Crippen molar-refractivity contribution in [1.29, 1.82) is 0 Å². The maximum atomic E-state index is 11.5. The van der Waals surface area contributed by atoms with Crippen molar-refractivity contribution < 1.29 is 9.53 Å². The molecule has 0 aromatic heterocycles. The molecule has 2 aliphatic rings. The number of likely N-dealkylation sites (tertiary alicyclic amines) is 1. The smallest absolute Gasteiger partial charge is 0.337 e. The van der Waals surface area contributed by atoms with Crippen LogP contribution in [-0.2, 0) is 11.3 Å². The number of benzene rings is 2. The zero-order valence-electron chi connectivity index (χ0n) is 15.9. The number of carbonyl (C=O) groups excluding carboxylic acids is 1. The second kappa shape index (κ2) is 8.24. The molecule has 4 rings (SSSR count). The van der Waals surface area contributed by atoms with Crippen LogP contribution in [0, 0.1) is 5.92 Å². The van der Waals surface area contributed by atoms with Crippen molar-refractivity contribution in [2.75, 3.05) is 26.7 Å². The summed E-state index contributed by atoms with van der Waals surface area (Å²) in [5.41, 5.74) is 3.34. The highest BCUT2D eigenvalue weighted by atomic mass is 16.5. The van der Waals surface area contributed by atoms with Gasteiger partial charge in [0.15, 0.2) is 0 Å². The Balaban J connectivity index is 1.20. The molecule has 1 N–H and O–H groups in total. The SMILES string of the molecule is COC(=O)c1ccc(CN2CCC(CN[C@@H]3CC3c3ccccc3)C2)cc1. The first-order valence-electron chi connectivity index (χ1n) is 9.91. The molecule has 0 bridgehead atoms. The molecule has 0 amide bonds. The van der Waals surface area contributed by atoms with Gasteiger partial charge in [-0.2, -0.15) is 0 Å². The van der Waals surface area contributed by atoms with Crippen molar-refractivity contribution in [2.45, 2.75) is 31.3 Å². The number of carbonyl (C=O) groups is 1. The maximum absolute atomic E-state index is 11.5. The van der Waals surface area contributed by atoms with Crippen molar-refractivity contribution in [1.82, 2.24) is 10.2 Å². The lowest BCUT2D eigenvalue weighted by molar-refractivity contribution is 0.0600. The van der Waals surface area contributed by atoms with Crippen molar-refractivity contribution in [2.24, 2.45) is 5.92 Å². The van der Waals surface area contributed by atoms with Crippen LogP contribution >= 0.6 is 0 Å². The Hall–Kier alpha value is -2.17. The average molecular weight is 364 g/mol. The number of hydrogen-bond donors (Lipinski definition) is 1. The number of nitrogens with zero attached hydrogens (tertiary/aromatic N) is 1. The third kappa shape index (κ3) is 4.57. The van der Waals surface area contributed by atoms with Gasteiger partial charge in [-0.3, -0.25) is 4.90 Å². The van der Waals surface area contributed by atoms with Crippen LogP contribution in [0.15, 0.2) is 54.6 Å². The van der Waals surface area contributed by atoms with Crippen LogP contribution in [0.3, 0.4) is 0 Å². The normalized spacial score (nSPS) is 24.7. The summed E-state index contributed by atoms with van der Waals surface area (Å²) in [4.78, 5) is 14.0. The molecule has 4 nitrogen and oxygen atoms in total. The molecule has 1 heterocycles. The zero-order valence-corrected chi connectivity index (χ0v) is 15.9. The Morgan fingerprint density at radius 3 is 2.67 bits per heavy atom. The first kappa shape index (κ1) is 18.2. The number of ether oxygens (including phenoxy) is 1. The molecule has 2 aromatic carbocycles. The summed E-state index contributed by atoms with van der Waals surface area (Å²) in [6.07, 6.45) is 2.53. The van der Waals surface area contributed by atoms with Crippen LogP contribution in [0.1, 0.15) is 40.2 Å². The number of esters is 1. The van der Waals surface area contributed by atoms with Gasteiger partial charge in [0.25, 0.3) is 0 Å². The van der Waals surface area contributed by atoms with Crippen LogP contribution in [0.2, 0.25) is 0 Å². The Morgan fingerprint density at radius 1 is 1.15 bits per heavy atom. The molecule has 2 aromatic rings. The van der Waals surface area contributed by atoms with E-state index in [9.17, 15) is 4.79 Å². The maximum Gasteiger partial charge on any atom is 0.337 e. The van der Waals surface area contributed by atoms with Gasteiger partial charge in [0.1, 0.15) is 0 Å². The summed E-state index contributed by atoms with van der Waals surface area (Å²) in [5, 5.41) is 3.78. The summed E-state index contributed by atoms with van der Waals surface area (Å²) in [6, 6.07) is 19.3. The number of hydrogen-bond acceptors (Lipinski definition) is 4. The molecule has 1 saturated heterocycles. The minimum atomic E-state index is -0.275. The lowest BCUT2D eigenvalue weighted by Gasteiger charge is -2.16. The molecule has 4 heteroatoms. The number of nitrogens with one attached hydrogen (secondary N) is 1. The summed E-state index contributed by atoms with van der Waals surface area (Å²) in [6.45, 7) is 4.37. The van der Waals surface area contributed by atoms with Gasteiger partial charge in [-0.25, -0.2) is 4.79 Å². The molecule has 1 aliphatic carbocycles. The molecule has 1 saturated carbocycles. The fraction of sp³-hybridized carbons (Fsp3) is 0.435. The fourth-order valence-electron chi connectivity index (χ4n) is 4.15. The van der Waals surface area contributed by atoms with Crippen LogP contribution in [-0.4, -0.2) is 43.7 Å². The molecule has 27 heavy (non-hydrogen) atoms. The van der Waals surface area contributed by atoms with Crippen molar-refractivity contribution >= 4 is 5.97 Å². The fourth-order valence-corrected chi connectivity index (χ4v) is 4.15. The second-order valence-electron chi connectivity index (χ2n) is 7.85. The molecule has 3 atom stereocenters. The standard InChI is InChI=1S/C23H28N2O2/c1-27-23(26)20-9-7-17(8-10-20)15-25-12-11-18(16-25)14-24-22-13-21(22)19-5-3-2-4-6-19/h2-10,18,21-22,24H,11-16H2,1H3/t18?,21?,22-/m1/s1. The van der Waals surface area contributed by atoms with E-state index in [1.807, 2.05) is 24.3 Å². The van der Waals surface area contributed by atoms with Gasteiger partial charge in [-0.15, -0.1) is 0 Å². The number of rotatable bonds is 7. The average Bonchev–Trinajstić information content (AvgIpc) is 3.37. The molecular formula is C23H28N2O2. The van der Waals surface area contributed by atoms with Crippen molar-refractivity contribution in [3.05, 3.63) is 71.3 Å². The predicted octanol–water partition coefficient (Wildman–Crippen LogP) is 3.44. The predicted molar refractivity (Wildman–Crippen MR) is 107 cm³/mol. The van der Waals surface area contributed by atoms with Crippen LogP contribution in [0.25, 0.3) is 0 Å². The van der Waals surface area contributed by atoms with Gasteiger partial charge in [0.05, 0.1) is 12.7 Å². The third-order valence-electron chi connectivity index (χ3n) is 5.84. The monoisotopic (exact) mass is 364 g/mol. The highest BCUT2D eigenvalue weighted by molar-refractivity contribution is 5.89. The van der Waals surface area contributed by atoms with E-state index in [1.165, 1.54) is 31.1 Å². The Bertz CT molecular complexity index is 760. The molecule has 1 aliphatic heterocycles. The van der Waals surface area contributed by atoms with Gasteiger partial charge in [0.2, 0.25) is 0 Å². The third-order valence-corrected chi connectivity index (χ3v) is 5.84. The van der Waals surface area contributed by atoms with E-state index >= 15 is 0 Å². The topological polar surface area (TPSA) is 41.6 Å². The Labute approximate surface area is 161 Å². The lowest BCUT2D eigenvalue weighted by atomic mass is 10.1. The highest BCUT2D eigenvalue weighted by Gasteiger charge is 2.38. The molecular weight excluding hydrogens is 336 g/mol. The van der Waals surface area contributed by atoms with E-state index in [0.29, 0.717) is 17.5 Å². The highest BCUT2D eigenvalue weighted by Crippen LogP contribution is 2.40. The first-order chi connectivity index (χ1) is 13.2. The Morgan fingerprint density at radius 2 is 1.93 bits per heavy atom. The largest absolute Gasteiger partial charge is 0.465 e. The van der Waals surface area contributed by atoms with Crippen molar-refractivity contribution in [3.63, 3.8) is 0 Å². The van der Waals surface area contributed by atoms with E-state index in [1.54, 1.807) is 0 Å². The molecule has 142 valence electrons. The lowest BCUT2D eigenvalue weighted by Crippen LogP contribution is -2.28. The van der Waals surface area contributed by atoms with E-state index in [2.05, 4.69) is 40.5 Å². The first-order valence-corrected chi connectivity index (χ1v) is 9.91. The van der Waals surface area contributed by atoms with E-state index in [4.69, 9.17) is 4.74 Å². The summed E-state index contributed by atoms with van der Waals surface area (Å²) < 4.78 is 4.75. The van der Waals surface area contributed by atoms with Gasteiger partial charge in [-0.05, 0) is 55.1 Å².